The van der Waals surface area contributed by atoms with Gasteiger partial charge in [-0.1, -0.05) is 6.92 Å². The predicted molar refractivity (Wildman–Crippen MR) is 39.4 cm³/mol. The molecule has 48 valence electrons. The topological polar surface area (TPSA) is 12.0 Å². The van der Waals surface area contributed by atoms with Crippen LogP contribution in [0.25, 0.3) is 0 Å². The molecule has 0 aliphatic carbocycles. The highest BCUT2D eigenvalue weighted by Crippen LogP contribution is 2.15. The van der Waals surface area contributed by atoms with Crippen LogP contribution in [0.15, 0.2) is 0 Å². The van der Waals surface area contributed by atoms with Crippen molar-refractivity contribution in [1.29, 1.82) is 0 Å². The summed E-state index contributed by atoms with van der Waals surface area (Å²) in [7, 11) is 0. The van der Waals surface area contributed by atoms with Gasteiger partial charge in [0.25, 0.3) is 0 Å². The molecule has 1 aliphatic rings. The van der Waals surface area contributed by atoms with E-state index in [0.29, 0.717) is 5.25 Å². The van der Waals surface area contributed by atoms with Gasteiger partial charge >= 0.3 is 0 Å². The first-order valence-corrected chi connectivity index (χ1v) is 3.71. The Morgan fingerprint density at radius 1 is 1.62 bits per heavy atom. The Kier molecular flexibility index (Phi) is 2.20. The van der Waals surface area contributed by atoms with E-state index < -0.39 is 0 Å². The van der Waals surface area contributed by atoms with Gasteiger partial charge in [-0.15, -0.1) is 0 Å². The molecule has 2 atom stereocenters. The Bertz CT molecular complexity index is 64.9. The van der Waals surface area contributed by atoms with E-state index in [2.05, 4.69) is 24.9 Å². The van der Waals surface area contributed by atoms with Crippen LogP contribution in [0, 0.1) is 5.92 Å². The Morgan fingerprint density at radius 2 is 2.38 bits per heavy atom. The van der Waals surface area contributed by atoms with E-state index in [0.717, 1.165) is 12.5 Å². The number of nitrogens with one attached hydrogen (secondary N) is 1. The maximum Gasteiger partial charge on any atom is 0.0168 e. The fourth-order valence-corrected chi connectivity index (χ4v) is 1.25. The minimum absolute atomic E-state index is 0.587. The summed E-state index contributed by atoms with van der Waals surface area (Å²) < 4.78 is 0. The second kappa shape index (κ2) is 2.74. The molecule has 1 saturated heterocycles. The van der Waals surface area contributed by atoms with Crippen LogP contribution >= 0.6 is 12.6 Å². The fourth-order valence-electron chi connectivity index (χ4n) is 0.973. The van der Waals surface area contributed by atoms with Crippen LogP contribution in [-0.2, 0) is 0 Å². The molecule has 0 spiro atoms. The van der Waals surface area contributed by atoms with E-state index in [1.54, 1.807) is 0 Å². The summed E-state index contributed by atoms with van der Waals surface area (Å²) in [5.41, 5.74) is 0. The maximum absolute atomic E-state index is 4.39. The predicted octanol–water partition coefficient (Wildman–Crippen LogP) is 0.914. The van der Waals surface area contributed by atoms with Gasteiger partial charge < -0.3 is 5.32 Å². The highest BCUT2D eigenvalue weighted by atomic mass is 32.1. The molecule has 1 aliphatic heterocycles. The van der Waals surface area contributed by atoms with Crippen LogP contribution in [0.4, 0.5) is 0 Å². The van der Waals surface area contributed by atoms with E-state index in [-0.39, 0.29) is 0 Å². The summed E-state index contributed by atoms with van der Waals surface area (Å²) in [5, 5.41) is 3.88. The lowest BCUT2D eigenvalue weighted by atomic mass is 10.0. The molecular weight excluding hydrogens is 118 g/mol. The molecule has 2 heteroatoms. The summed E-state index contributed by atoms with van der Waals surface area (Å²) in [5.74, 6) is 0.805. The third kappa shape index (κ3) is 1.39. The zero-order chi connectivity index (χ0) is 5.98. The summed E-state index contributed by atoms with van der Waals surface area (Å²) in [6, 6.07) is 0. The van der Waals surface area contributed by atoms with Crippen molar-refractivity contribution in [3.05, 3.63) is 0 Å². The first-order valence-electron chi connectivity index (χ1n) is 3.19. The Morgan fingerprint density at radius 3 is 2.75 bits per heavy atom. The number of piperidine rings is 1. The van der Waals surface area contributed by atoms with Crippen LogP contribution in [-0.4, -0.2) is 18.3 Å². The minimum atomic E-state index is 0.587. The number of rotatable bonds is 0. The summed E-state index contributed by atoms with van der Waals surface area (Å²) >= 11 is 4.39. The molecule has 0 aromatic rings. The lowest BCUT2D eigenvalue weighted by molar-refractivity contribution is 0.416. The van der Waals surface area contributed by atoms with Gasteiger partial charge in [0.2, 0.25) is 0 Å². The summed E-state index contributed by atoms with van der Waals surface area (Å²) in [6.45, 7) is 4.53. The molecule has 0 amide bonds. The molecule has 1 fully saturated rings. The molecule has 1 nitrogen and oxygen atoms in total. The van der Waals surface area contributed by atoms with Crippen LogP contribution in [0.1, 0.15) is 13.3 Å². The Balaban J connectivity index is 2.28. The van der Waals surface area contributed by atoms with Crippen molar-refractivity contribution in [3.63, 3.8) is 0 Å². The van der Waals surface area contributed by atoms with Gasteiger partial charge in [0.05, 0.1) is 0 Å². The number of hydrogen-bond donors (Lipinski definition) is 2. The number of hydrogen-bond acceptors (Lipinski definition) is 2. The fraction of sp³-hybridized carbons (Fsp3) is 1.00. The lowest BCUT2D eigenvalue weighted by Gasteiger charge is -2.24. The molecule has 0 aromatic heterocycles. The molecule has 1 rings (SSSR count). The third-order valence-electron chi connectivity index (χ3n) is 1.79. The molecule has 0 aromatic carbocycles. The summed E-state index contributed by atoms with van der Waals surface area (Å²) in [6.07, 6.45) is 1.29. The Labute approximate surface area is 56.3 Å². The van der Waals surface area contributed by atoms with Gasteiger partial charge in [-0.2, -0.15) is 12.6 Å². The average molecular weight is 131 g/mol. The van der Waals surface area contributed by atoms with Crippen molar-refractivity contribution in [2.24, 2.45) is 5.92 Å². The summed E-state index contributed by atoms with van der Waals surface area (Å²) in [4.78, 5) is 0. The van der Waals surface area contributed by atoms with Crippen LogP contribution < -0.4 is 5.32 Å². The monoisotopic (exact) mass is 131 g/mol. The quantitative estimate of drug-likeness (QED) is 0.466. The molecular formula is C6H13NS. The van der Waals surface area contributed by atoms with E-state index in [1.165, 1.54) is 13.0 Å². The van der Waals surface area contributed by atoms with Crippen molar-refractivity contribution in [2.45, 2.75) is 18.6 Å². The molecule has 1 heterocycles. The van der Waals surface area contributed by atoms with Crippen LogP contribution in [0.2, 0.25) is 0 Å². The molecule has 1 N–H and O–H groups in total. The van der Waals surface area contributed by atoms with E-state index in [4.69, 9.17) is 0 Å². The molecule has 0 unspecified atom stereocenters. The first kappa shape index (κ1) is 6.43. The SMILES string of the molecule is C[C@@H]1CCNC[C@H]1S. The van der Waals surface area contributed by atoms with Crippen molar-refractivity contribution in [2.75, 3.05) is 13.1 Å². The normalized spacial score (nSPS) is 39.8. The third-order valence-corrected chi connectivity index (χ3v) is 2.48. The van der Waals surface area contributed by atoms with Gasteiger partial charge in [-0.25, -0.2) is 0 Å². The average Bonchev–Trinajstić information content (AvgIpc) is 1.77. The van der Waals surface area contributed by atoms with Crippen LogP contribution in [0.5, 0.6) is 0 Å². The Hall–Kier alpha value is 0.310. The van der Waals surface area contributed by atoms with Crippen molar-refractivity contribution < 1.29 is 0 Å². The second-order valence-electron chi connectivity index (χ2n) is 2.54. The largest absolute Gasteiger partial charge is 0.316 e. The second-order valence-corrected chi connectivity index (χ2v) is 3.20. The van der Waals surface area contributed by atoms with Gasteiger partial charge in [-0.3, -0.25) is 0 Å². The van der Waals surface area contributed by atoms with Gasteiger partial charge in [0.1, 0.15) is 0 Å². The molecule has 0 radical (unpaired) electrons. The van der Waals surface area contributed by atoms with Gasteiger partial charge in [-0.05, 0) is 18.9 Å². The van der Waals surface area contributed by atoms with Gasteiger partial charge in [0, 0.05) is 11.8 Å². The van der Waals surface area contributed by atoms with Crippen LogP contribution in [0.3, 0.4) is 0 Å². The van der Waals surface area contributed by atoms with E-state index in [9.17, 15) is 0 Å². The van der Waals surface area contributed by atoms with E-state index in [1.807, 2.05) is 0 Å². The van der Waals surface area contributed by atoms with E-state index >= 15 is 0 Å². The number of thiol groups is 1. The molecule has 0 bridgehead atoms. The van der Waals surface area contributed by atoms with Crippen molar-refractivity contribution in [3.8, 4) is 0 Å². The van der Waals surface area contributed by atoms with Crippen molar-refractivity contribution >= 4 is 12.6 Å². The minimum Gasteiger partial charge on any atom is -0.316 e. The van der Waals surface area contributed by atoms with Crippen molar-refractivity contribution in [1.82, 2.24) is 5.32 Å². The molecule has 8 heavy (non-hydrogen) atoms. The molecule has 0 saturated carbocycles. The highest BCUT2D eigenvalue weighted by molar-refractivity contribution is 7.81. The zero-order valence-electron chi connectivity index (χ0n) is 5.22. The zero-order valence-corrected chi connectivity index (χ0v) is 6.12. The first-order chi connectivity index (χ1) is 3.80. The van der Waals surface area contributed by atoms with Gasteiger partial charge in [0.15, 0.2) is 0 Å². The standard InChI is InChI=1S/C6H13NS/c1-5-2-3-7-4-6(5)8/h5-8H,2-4H2,1H3/t5-,6-/m1/s1. The maximum atomic E-state index is 4.39. The lowest BCUT2D eigenvalue weighted by Crippen LogP contribution is -2.35. The highest BCUT2D eigenvalue weighted by Gasteiger charge is 2.15. The smallest absolute Gasteiger partial charge is 0.0168 e.